The van der Waals surface area contributed by atoms with Gasteiger partial charge in [0.2, 0.25) is 0 Å². The van der Waals surface area contributed by atoms with Gasteiger partial charge < -0.3 is 24.4 Å². The van der Waals surface area contributed by atoms with E-state index in [4.69, 9.17) is 14.2 Å². The summed E-state index contributed by atoms with van der Waals surface area (Å²) >= 11 is 0. The van der Waals surface area contributed by atoms with E-state index in [1.165, 1.54) is 73.6 Å². The molecule has 0 amide bonds. The van der Waals surface area contributed by atoms with E-state index < -0.39 is 17.4 Å². The van der Waals surface area contributed by atoms with Crippen LogP contribution in [0.2, 0.25) is 0 Å². The summed E-state index contributed by atoms with van der Waals surface area (Å²) in [5.41, 5.74) is 9.38. The zero-order chi connectivity index (χ0) is 42.8. The third-order valence-electron chi connectivity index (χ3n) is 12.5. The van der Waals surface area contributed by atoms with Crippen molar-refractivity contribution in [2.45, 2.75) is 137 Å². The highest BCUT2D eigenvalue weighted by Crippen LogP contribution is 2.40. The molecule has 322 valence electrons. The van der Waals surface area contributed by atoms with E-state index in [1.807, 2.05) is 6.92 Å². The molecule has 0 heterocycles. The molecule has 4 rings (SSSR count). The Morgan fingerprint density at radius 2 is 1.25 bits per heavy atom. The average molecular weight is 809 g/mol. The standard InChI is InChI=1S/C52H72O7/c1-8-11-12-15-39-18-20-41(21-19-39)42-22-24-43(25-23-42)44-26-27-48(40(9-2)32-44)47-33-45(16-13-29-58-50(55)37(4)5)49(57-31-28-52(10-3,35-53)36-54)46(34-47)17-14-30-59-51(56)38(6)7/h22-27,32-34,39,41,53-54H,4,6,8-21,28-31,35-36H2,1-3,5,7H3. The van der Waals surface area contributed by atoms with Gasteiger partial charge in [-0.15, -0.1) is 0 Å². The van der Waals surface area contributed by atoms with Crippen molar-refractivity contribution in [1.29, 1.82) is 0 Å². The van der Waals surface area contributed by atoms with Gasteiger partial charge in [-0.05, 0) is 153 Å². The molecule has 59 heavy (non-hydrogen) atoms. The Hall–Kier alpha value is -4.20. The summed E-state index contributed by atoms with van der Waals surface area (Å²) in [5, 5.41) is 20.3. The van der Waals surface area contributed by atoms with E-state index in [-0.39, 0.29) is 26.4 Å². The van der Waals surface area contributed by atoms with Gasteiger partial charge in [0.15, 0.2) is 0 Å². The number of unbranched alkanes of at least 4 members (excludes halogenated alkanes) is 2. The minimum atomic E-state index is -0.640. The molecule has 3 aromatic rings. The first-order valence-corrected chi connectivity index (χ1v) is 22.4. The van der Waals surface area contributed by atoms with Crippen molar-refractivity contribution in [1.82, 2.24) is 0 Å². The number of aliphatic hydroxyl groups is 2. The fourth-order valence-corrected chi connectivity index (χ4v) is 8.31. The van der Waals surface area contributed by atoms with Crippen molar-refractivity contribution >= 4 is 11.9 Å². The number of carbonyl (C=O) groups is 2. The minimum Gasteiger partial charge on any atom is -0.493 e. The van der Waals surface area contributed by atoms with Crippen LogP contribution in [0.1, 0.15) is 140 Å². The lowest BCUT2D eigenvalue weighted by molar-refractivity contribution is -0.139. The van der Waals surface area contributed by atoms with E-state index in [2.05, 4.69) is 81.6 Å². The van der Waals surface area contributed by atoms with E-state index in [0.29, 0.717) is 62.2 Å². The normalized spacial score (nSPS) is 15.4. The maximum absolute atomic E-state index is 12.2. The molecule has 3 aromatic carbocycles. The van der Waals surface area contributed by atoms with E-state index in [9.17, 15) is 19.8 Å². The molecule has 0 radical (unpaired) electrons. The van der Waals surface area contributed by atoms with Crippen LogP contribution in [-0.2, 0) is 38.3 Å². The number of hydrogen-bond donors (Lipinski definition) is 2. The molecule has 0 unspecified atom stereocenters. The fraction of sp³-hybridized carbons (Fsp3) is 0.538. The predicted octanol–water partition coefficient (Wildman–Crippen LogP) is 11.7. The van der Waals surface area contributed by atoms with Gasteiger partial charge in [-0.2, -0.15) is 0 Å². The predicted molar refractivity (Wildman–Crippen MR) is 241 cm³/mol. The maximum atomic E-state index is 12.2. The summed E-state index contributed by atoms with van der Waals surface area (Å²) in [6.07, 6.45) is 15.0. The molecule has 0 bridgehead atoms. The van der Waals surface area contributed by atoms with Crippen molar-refractivity contribution in [3.8, 4) is 28.0 Å². The van der Waals surface area contributed by atoms with Gasteiger partial charge in [-0.1, -0.05) is 102 Å². The first-order valence-electron chi connectivity index (χ1n) is 22.4. The van der Waals surface area contributed by atoms with Crippen LogP contribution < -0.4 is 4.74 Å². The summed E-state index contributed by atoms with van der Waals surface area (Å²) in [4.78, 5) is 24.4. The second-order valence-corrected chi connectivity index (χ2v) is 17.0. The Morgan fingerprint density at radius 1 is 0.695 bits per heavy atom. The maximum Gasteiger partial charge on any atom is 0.333 e. The molecule has 1 saturated carbocycles. The molecule has 0 aliphatic heterocycles. The van der Waals surface area contributed by atoms with Gasteiger partial charge in [-0.25, -0.2) is 9.59 Å². The lowest BCUT2D eigenvalue weighted by atomic mass is 9.77. The van der Waals surface area contributed by atoms with E-state index in [1.54, 1.807) is 13.8 Å². The van der Waals surface area contributed by atoms with Crippen LogP contribution in [-0.4, -0.2) is 55.2 Å². The molecule has 1 fully saturated rings. The highest BCUT2D eigenvalue weighted by molar-refractivity contribution is 5.87. The number of rotatable bonds is 25. The Bertz CT molecular complexity index is 1750. The molecular formula is C52H72O7. The second kappa shape index (κ2) is 24.2. The zero-order valence-electron chi connectivity index (χ0n) is 36.8. The molecule has 0 atom stereocenters. The monoisotopic (exact) mass is 809 g/mol. The average Bonchev–Trinajstić information content (AvgIpc) is 3.25. The highest BCUT2D eigenvalue weighted by atomic mass is 16.5. The van der Waals surface area contributed by atoms with Gasteiger partial charge in [0.25, 0.3) is 0 Å². The Labute approximate surface area is 355 Å². The van der Waals surface area contributed by atoms with Gasteiger partial charge in [-0.3, -0.25) is 0 Å². The van der Waals surface area contributed by atoms with Crippen LogP contribution in [0.5, 0.6) is 5.75 Å². The summed E-state index contributed by atoms with van der Waals surface area (Å²) in [6.45, 7) is 17.6. The zero-order valence-corrected chi connectivity index (χ0v) is 36.8. The second-order valence-electron chi connectivity index (χ2n) is 17.0. The summed E-state index contributed by atoms with van der Waals surface area (Å²) in [5.74, 6) is 1.48. The van der Waals surface area contributed by atoms with Crippen molar-refractivity contribution < 1.29 is 34.0 Å². The SMILES string of the molecule is C=C(C)C(=O)OCCCc1cc(-c2ccc(-c3ccc(C4CCC(CCCCC)CC4)cc3)cc2CC)cc(CCCOC(=O)C(=C)C)c1OCCC(CC)(CO)CO. The largest absolute Gasteiger partial charge is 0.493 e. The number of aliphatic hydroxyl groups excluding tert-OH is 2. The lowest BCUT2D eigenvalue weighted by Crippen LogP contribution is -2.31. The smallest absolute Gasteiger partial charge is 0.333 e. The van der Waals surface area contributed by atoms with Crippen molar-refractivity contribution in [3.05, 3.63) is 101 Å². The van der Waals surface area contributed by atoms with E-state index in [0.717, 1.165) is 40.3 Å². The number of aryl methyl sites for hydroxylation is 3. The van der Waals surface area contributed by atoms with Crippen LogP contribution in [0.4, 0.5) is 0 Å². The van der Waals surface area contributed by atoms with Crippen molar-refractivity contribution in [3.63, 3.8) is 0 Å². The first kappa shape index (κ1) is 47.5. The van der Waals surface area contributed by atoms with E-state index >= 15 is 0 Å². The van der Waals surface area contributed by atoms with Gasteiger partial charge in [0, 0.05) is 16.6 Å². The number of hydrogen-bond acceptors (Lipinski definition) is 7. The molecule has 0 aromatic heterocycles. The van der Waals surface area contributed by atoms with Crippen molar-refractivity contribution in [2.24, 2.45) is 11.3 Å². The molecular weight excluding hydrogens is 737 g/mol. The summed E-state index contributed by atoms with van der Waals surface area (Å²) < 4.78 is 17.5. The minimum absolute atomic E-state index is 0.135. The Balaban J connectivity index is 1.64. The Kier molecular flexibility index (Phi) is 19.4. The highest BCUT2D eigenvalue weighted by Gasteiger charge is 2.27. The molecule has 2 N–H and O–H groups in total. The lowest BCUT2D eigenvalue weighted by Gasteiger charge is -2.29. The quantitative estimate of drug-likeness (QED) is 0.0499. The third-order valence-corrected chi connectivity index (χ3v) is 12.5. The number of benzene rings is 3. The van der Waals surface area contributed by atoms with Gasteiger partial charge in [0.1, 0.15) is 5.75 Å². The fourth-order valence-electron chi connectivity index (χ4n) is 8.31. The van der Waals surface area contributed by atoms with Crippen LogP contribution in [0.25, 0.3) is 22.3 Å². The molecule has 1 aliphatic carbocycles. The van der Waals surface area contributed by atoms with Gasteiger partial charge in [0.05, 0.1) is 33.0 Å². The van der Waals surface area contributed by atoms with Crippen LogP contribution in [0, 0.1) is 11.3 Å². The number of carbonyl (C=O) groups excluding carboxylic acids is 2. The number of ether oxygens (including phenoxy) is 3. The molecule has 7 heteroatoms. The molecule has 1 aliphatic rings. The topological polar surface area (TPSA) is 102 Å². The van der Waals surface area contributed by atoms with Crippen LogP contribution in [0.3, 0.4) is 0 Å². The molecule has 7 nitrogen and oxygen atoms in total. The van der Waals surface area contributed by atoms with Crippen molar-refractivity contribution in [2.75, 3.05) is 33.0 Å². The molecule has 0 spiro atoms. The van der Waals surface area contributed by atoms with Gasteiger partial charge >= 0.3 is 11.9 Å². The molecule has 0 saturated heterocycles. The van der Waals surface area contributed by atoms with Crippen LogP contribution in [0.15, 0.2) is 78.9 Å². The summed E-state index contributed by atoms with van der Waals surface area (Å²) in [6, 6.07) is 20.4. The van der Waals surface area contributed by atoms with Crippen LogP contribution >= 0.6 is 0 Å². The third kappa shape index (κ3) is 13.9. The summed E-state index contributed by atoms with van der Waals surface area (Å²) in [7, 11) is 0. The Morgan fingerprint density at radius 3 is 1.76 bits per heavy atom. The first-order chi connectivity index (χ1) is 28.5. The number of esters is 2.